The molecule has 0 unspecified atom stereocenters. The third-order valence-electron chi connectivity index (χ3n) is 4.64. The second kappa shape index (κ2) is 7.91. The molecule has 0 spiro atoms. The van der Waals surface area contributed by atoms with Crippen LogP contribution in [0, 0.1) is 5.92 Å². The minimum atomic E-state index is -0.0265. The van der Waals surface area contributed by atoms with Crippen molar-refractivity contribution in [3.05, 3.63) is 30.5 Å². The summed E-state index contributed by atoms with van der Waals surface area (Å²) in [6.45, 7) is 6.32. The van der Waals surface area contributed by atoms with Crippen LogP contribution in [-0.2, 0) is 6.54 Å². The van der Waals surface area contributed by atoms with E-state index >= 15 is 0 Å². The Morgan fingerprint density at radius 1 is 1.32 bits per heavy atom. The summed E-state index contributed by atoms with van der Waals surface area (Å²) in [5, 5.41) is 13.1. The number of amides is 2. The average Bonchev–Trinajstić information content (AvgIpc) is 3.33. The molecule has 1 fully saturated rings. The van der Waals surface area contributed by atoms with Crippen molar-refractivity contribution in [2.24, 2.45) is 5.92 Å². The van der Waals surface area contributed by atoms with Gasteiger partial charge in [0.2, 0.25) is 0 Å². The van der Waals surface area contributed by atoms with Gasteiger partial charge in [0.25, 0.3) is 0 Å². The number of hydrogen-bond donors (Lipinski definition) is 2. The Morgan fingerprint density at radius 2 is 2.12 bits per heavy atom. The number of benzene rings is 1. The Balaban J connectivity index is 1.67. The second-order valence-electron chi connectivity index (χ2n) is 7.42. The molecule has 0 atom stereocenters. The van der Waals surface area contributed by atoms with Crippen LogP contribution in [0.25, 0.3) is 10.9 Å². The van der Waals surface area contributed by atoms with Crippen molar-refractivity contribution in [3.8, 4) is 0 Å². The van der Waals surface area contributed by atoms with Crippen molar-refractivity contribution >= 4 is 22.6 Å². The summed E-state index contributed by atoms with van der Waals surface area (Å²) >= 11 is 0. The molecule has 25 heavy (non-hydrogen) atoms. The largest absolute Gasteiger partial charge is 0.396 e. The molecule has 0 aliphatic heterocycles. The first-order valence-corrected chi connectivity index (χ1v) is 9.36. The molecule has 2 aromatic rings. The fraction of sp³-hybridized carbons (Fsp3) is 0.550. The third-order valence-corrected chi connectivity index (χ3v) is 4.64. The van der Waals surface area contributed by atoms with Crippen LogP contribution in [0.5, 0.6) is 0 Å². The van der Waals surface area contributed by atoms with Gasteiger partial charge < -0.3 is 19.9 Å². The molecule has 136 valence electrons. The van der Waals surface area contributed by atoms with Crippen LogP contribution in [0.3, 0.4) is 0 Å². The Bertz CT molecular complexity index is 719. The number of hydrogen-bond acceptors (Lipinski definition) is 2. The molecular weight excluding hydrogens is 314 g/mol. The molecule has 1 saturated carbocycles. The zero-order valence-corrected chi connectivity index (χ0v) is 15.2. The molecule has 1 aromatic heterocycles. The lowest BCUT2D eigenvalue weighted by Gasteiger charge is -2.22. The highest BCUT2D eigenvalue weighted by molar-refractivity contribution is 5.93. The van der Waals surface area contributed by atoms with E-state index in [1.807, 2.05) is 17.0 Å². The van der Waals surface area contributed by atoms with Crippen molar-refractivity contribution in [1.29, 1.82) is 0 Å². The van der Waals surface area contributed by atoms with E-state index in [0.717, 1.165) is 43.3 Å². The first-order chi connectivity index (χ1) is 12.1. The standard InChI is InChI=1S/C20H29N3O2/c1-15(2)14-22-11-9-16-13-17(5-8-19(16)22)21-20(25)23(18-6-7-18)10-3-4-12-24/h5,8-9,11,13,15,18,24H,3-4,6-7,10,12,14H2,1-2H3,(H,21,25). The van der Waals surface area contributed by atoms with Crippen molar-refractivity contribution in [1.82, 2.24) is 9.47 Å². The maximum Gasteiger partial charge on any atom is 0.322 e. The highest BCUT2D eigenvalue weighted by atomic mass is 16.3. The van der Waals surface area contributed by atoms with E-state index in [-0.39, 0.29) is 12.6 Å². The molecule has 3 rings (SSSR count). The van der Waals surface area contributed by atoms with Crippen molar-refractivity contribution in [2.75, 3.05) is 18.5 Å². The summed E-state index contributed by atoms with van der Waals surface area (Å²) in [6, 6.07) is 8.56. The lowest BCUT2D eigenvalue weighted by atomic mass is 10.2. The number of carbonyl (C=O) groups excluding carboxylic acids is 1. The van der Waals surface area contributed by atoms with Crippen molar-refractivity contribution < 1.29 is 9.90 Å². The quantitative estimate of drug-likeness (QED) is 0.710. The molecule has 5 heteroatoms. The van der Waals surface area contributed by atoms with E-state index in [2.05, 4.69) is 42.1 Å². The minimum Gasteiger partial charge on any atom is -0.396 e. The van der Waals surface area contributed by atoms with Gasteiger partial charge in [0.15, 0.2) is 0 Å². The van der Waals surface area contributed by atoms with Crippen molar-refractivity contribution in [3.63, 3.8) is 0 Å². The summed E-state index contributed by atoms with van der Waals surface area (Å²) < 4.78 is 2.26. The minimum absolute atomic E-state index is 0.0265. The van der Waals surface area contributed by atoms with Gasteiger partial charge in [-0.3, -0.25) is 0 Å². The fourth-order valence-electron chi connectivity index (χ4n) is 3.26. The van der Waals surface area contributed by atoms with Crippen LogP contribution in [-0.4, -0.2) is 39.8 Å². The number of anilines is 1. The lowest BCUT2D eigenvalue weighted by molar-refractivity contribution is 0.204. The number of aliphatic hydroxyl groups excluding tert-OH is 1. The molecule has 1 aliphatic carbocycles. The second-order valence-corrected chi connectivity index (χ2v) is 7.42. The third kappa shape index (κ3) is 4.54. The lowest BCUT2D eigenvalue weighted by Crippen LogP contribution is -2.37. The van der Waals surface area contributed by atoms with Crippen LogP contribution >= 0.6 is 0 Å². The average molecular weight is 343 g/mol. The summed E-state index contributed by atoms with van der Waals surface area (Å²) in [6.07, 6.45) is 5.87. The van der Waals surface area contributed by atoms with Gasteiger partial charge in [0.05, 0.1) is 0 Å². The topological polar surface area (TPSA) is 57.5 Å². The summed E-state index contributed by atoms with van der Waals surface area (Å²) in [4.78, 5) is 14.5. The first-order valence-electron chi connectivity index (χ1n) is 9.36. The SMILES string of the molecule is CC(C)Cn1ccc2cc(NC(=O)N(CCCCO)C3CC3)ccc21. The van der Waals surface area contributed by atoms with Gasteiger partial charge in [-0.1, -0.05) is 13.8 Å². The number of unbranched alkanes of at least 4 members (excludes halogenated alkanes) is 1. The van der Waals surface area contributed by atoms with Gasteiger partial charge >= 0.3 is 6.03 Å². The Kier molecular flexibility index (Phi) is 5.63. The summed E-state index contributed by atoms with van der Waals surface area (Å²) in [7, 11) is 0. The molecule has 1 aliphatic rings. The Hall–Kier alpha value is -2.01. The summed E-state index contributed by atoms with van der Waals surface area (Å²) in [5.41, 5.74) is 2.04. The predicted molar refractivity (Wildman–Crippen MR) is 102 cm³/mol. The van der Waals surface area contributed by atoms with Gasteiger partial charge in [-0.05, 0) is 55.9 Å². The predicted octanol–water partition coefficient (Wildman–Crippen LogP) is 4.07. The number of urea groups is 1. The highest BCUT2D eigenvalue weighted by Crippen LogP contribution is 2.28. The zero-order valence-electron chi connectivity index (χ0n) is 15.2. The maximum atomic E-state index is 12.6. The fourth-order valence-corrected chi connectivity index (χ4v) is 3.26. The molecule has 0 radical (unpaired) electrons. The van der Waals surface area contributed by atoms with E-state index in [1.165, 1.54) is 5.52 Å². The number of carbonyl (C=O) groups is 1. The smallest absolute Gasteiger partial charge is 0.322 e. The monoisotopic (exact) mass is 343 g/mol. The molecule has 0 bridgehead atoms. The first kappa shape index (κ1) is 17.8. The molecule has 2 amide bonds. The number of nitrogens with zero attached hydrogens (tertiary/aromatic N) is 2. The summed E-state index contributed by atoms with van der Waals surface area (Å²) in [5.74, 6) is 0.598. The zero-order chi connectivity index (χ0) is 17.8. The Labute approximate surface area is 149 Å². The van der Waals surface area contributed by atoms with E-state index in [0.29, 0.717) is 18.5 Å². The van der Waals surface area contributed by atoms with Crippen LogP contribution in [0.1, 0.15) is 39.5 Å². The molecule has 0 saturated heterocycles. The number of rotatable bonds is 8. The van der Waals surface area contributed by atoms with Crippen LogP contribution in [0.4, 0.5) is 10.5 Å². The van der Waals surface area contributed by atoms with Gasteiger partial charge in [-0.2, -0.15) is 0 Å². The van der Waals surface area contributed by atoms with E-state index in [9.17, 15) is 4.79 Å². The Morgan fingerprint density at radius 3 is 2.80 bits per heavy atom. The van der Waals surface area contributed by atoms with E-state index in [4.69, 9.17) is 5.11 Å². The van der Waals surface area contributed by atoms with Crippen LogP contribution < -0.4 is 5.32 Å². The number of fused-ring (bicyclic) bond motifs is 1. The molecule has 1 heterocycles. The van der Waals surface area contributed by atoms with Gasteiger partial charge in [0, 0.05) is 48.5 Å². The molecule has 2 N–H and O–H groups in total. The normalized spacial score (nSPS) is 14.2. The maximum absolute atomic E-state index is 12.6. The van der Waals surface area contributed by atoms with Gasteiger partial charge in [-0.25, -0.2) is 4.79 Å². The number of aliphatic hydroxyl groups is 1. The van der Waals surface area contributed by atoms with Crippen LogP contribution in [0.2, 0.25) is 0 Å². The molecule has 5 nitrogen and oxygen atoms in total. The van der Waals surface area contributed by atoms with Crippen molar-refractivity contribution in [2.45, 2.75) is 52.1 Å². The van der Waals surface area contributed by atoms with Gasteiger partial charge in [0.1, 0.15) is 0 Å². The highest BCUT2D eigenvalue weighted by Gasteiger charge is 2.32. The number of nitrogens with one attached hydrogen (secondary N) is 1. The van der Waals surface area contributed by atoms with Gasteiger partial charge in [-0.15, -0.1) is 0 Å². The molecule has 1 aromatic carbocycles. The van der Waals surface area contributed by atoms with E-state index < -0.39 is 0 Å². The molecular formula is C20H29N3O2. The van der Waals surface area contributed by atoms with E-state index in [1.54, 1.807) is 0 Å². The van der Waals surface area contributed by atoms with Crippen LogP contribution in [0.15, 0.2) is 30.5 Å². The number of aromatic nitrogens is 1.